The Bertz CT molecular complexity index is 718. The molecular weight excluding hydrogens is 312 g/mol. The number of rotatable bonds is 8. The van der Waals surface area contributed by atoms with Crippen molar-refractivity contribution in [3.63, 3.8) is 0 Å². The normalized spacial score (nSPS) is 10.1. The summed E-state index contributed by atoms with van der Waals surface area (Å²) in [6, 6.07) is 10.1. The topological polar surface area (TPSA) is 82.9 Å². The lowest BCUT2D eigenvalue weighted by atomic mass is 10.2. The Morgan fingerprint density at radius 2 is 1.54 bits per heavy atom. The number of nitro groups is 1. The second-order valence-electron chi connectivity index (χ2n) is 4.80. The van der Waals surface area contributed by atoms with Crippen LogP contribution in [0.15, 0.2) is 36.4 Å². The van der Waals surface area contributed by atoms with E-state index in [2.05, 4.69) is 5.32 Å². The van der Waals surface area contributed by atoms with Crippen LogP contribution in [-0.2, 0) is 0 Å². The van der Waals surface area contributed by atoms with E-state index in [4.69, 9.17) is 14.2 Å². The Morgan fingerprint density at radius 3 is 2.12 bits per heavy atom. The van der Waals surface area contributed by atoms with Gasteiger partial charge in [-0.15, -0.1) is 0 Å². The zero-order valence-corrected chi connectivity index (χ0v) is 13.9. The molecule has 128 valence electrons. The van der Waals surface area contributed by atoms with Crippen molar-refractivity contribution in [1.82, 2.24) is 0 Å². The molecule has 0 saturated carbocycles. The molecule has 0 bridgehead atoms. The van der Waals surface area contributed by atoms with Gasteiger partial charge in [-0.05, 0) is 32.0 Å². The van der Waals surface area contributed by atoms with Crippen molar-refractivity contribution in [3.8, 4) is 17.2 Å². The first-order valence-electron chi connectivity index (χ1n) is 7.58. The maximum absolute atomic E-state index is 11.0. The van der Waals surface area contributed by atoms with E-state index < -0.39 is 4.92 Å². The van der Waals surface area contributed by atoms with Gasteiger partial charge in [0.1, 0.15) is 0 Å². The van der Waals surface area contributed by atoms with E-state index in [-0.39, 0.29) is 11.4 Å². The molecule has 2 aromatic rings. The van der Waals surface area contributed by atoms with Gasteiger partial charge in [0.25, 0.3) is 0 Å². The molecule has 0 aliphatic carbocycles. The number of hydrogen-bond donors (Lipinski definition) is 1. The van der Waals surface area contributed by atoms with Gasteiger partial charge in [-0.25, -0.2) is 0 Å². The zero-order valence-electron chi connectivity index (χ0n) is 13.9. The number of anilines is 2. The van der Waals surface area contributed by atoms with Gasteiger partial charge in [0.15, 0.2) is 17.2 Å². The molecule has 2 rings (SSSR count). The van der Waals surface area contributed by atoms with E-state index >= 15 is 0 Å². The fraction of sp³-hybridized carbons (Fsp3) is 0.294. The van der Waals surface area contributed by atoms with E-state index in [1.807, 2.05) is 13.0 Å². The van der Waals surface area contributed by atoms with E-state index in [9.17, 15) is 10.1 Å². The third-order valence-corrected chi connectivity index (χ3v) is 3.21. The van der Waals surface area contributed by atoms with Crippen molar-refractivity contribution in [2.24, 2.45) is 0 Å². The first kappa shape index (κ1) is 17.4. The zero-order chi connectivity index (χ0) is 17.5. The monoisotopic (exact) mass is 332 g/mol. The van der Waals surface area contributed by atoms with Crippen LogP contribution >= 0.6 is 0 Å². The number of benzene rings is 2. The summed E-state index contributed by atoms with van der Waals surface area (Å²) in [6.45, 7) is 4.57. The van der Waals surface area contributed by atoms with Crippen molar-refractivity contribution in [2.75, 3.05) is 25.6 Å². The molecule has 0 amide bonds. The van der Waals surface area contributed by atoms with Gasteiger partial charge in [0.05, 0.1) is 25.2 Å². The summed E-state index contributed by atoms with van der Waals surface area (Å²) in [4.78, 5) is 10.6. The van der Waals surface area contributed by atoms with Crippen LogP contribution in [0.2, 0.25) is 0 Å². The average Bonchev–Trinajstić information content (AvgIpc) is 2.56. The fourth-order valence-corrected chi connectivity index (χ4v) is 2.20. The van der Waals surface area contributed by atoms with Crippen LogP contribution in [0.3, 0.4) is 0 Å². The van der Waals surface area contributed by atoms with Crippen LogP contribution in [0.25, 0.3) is 0 Å². The van der Waals surface area contributed by atoms with Gasteiger partial charge in [0, 0.05) is 29.6 Å². The van der Waals surface area contributed by atoms with Gasteiger partial charge in [0.2, 0.25) is 0 Å². The Hall–Kier alpha value is -2.96. The highest BCUT2D eigenvalue weighted by Gasteiger charge is 2.15. The molecular formula is C17H20N2O5. The molecule has 7 nitrogen and oxygen atoms in total. The van der Waals surface area contributed by atoms with Crippen molar-refractivity contribution in [1.29, 1.82) is 0 Å². The number of nitrogens with zero attached hydrogens (tertiary/aromatic N) is 1. The quantitative estimate of drug-likeness (QED) is 0.578. The van der Waals surface area contributed by atoms with E-state index in [1.54, 1.807) is 38.3 Å². The number of nitrogens with one attached hydrogen (secondary N) is 1. The summed E-state index contributed by atoms with van der Waals surface area (Å²) in [5.74, 6) is 1.49. The highest BCUT2D eigenvalue weighted by molar-refractivity contribution is 5.67. The Morgan fingerprint density at radius 1 is 0.958 bits per heavy atom. The highest BCUT2D eigenvalue weighted by atomic mass is 16.6. The molecule has 0 aromatic heterocycles. The molecule has 0 atom stereocenters. The van der Waals surface area contributed by atoms with E-state index in [1.165, 1.54) is 6.07 Å². The van der Waals surface area contributed by atoms with Crippen LogP contribution in [0.4, 0.5) is 17.1 Å². The summed E-state index contributed by atoms with van der Waals surface area (Å²) in [5, 5.41) is 14.2. The van der Waals surface area contributed by atoms with Gasteiger partial charge < -0.3 is 19.5 Å². The molecule has 0 aliphatic heterocycles. The van der Waals surface area contributed by atoms with Crippen LogP contribution in [0.1, 0.15) is 13.8 Å². The molecule has 7 heteroatoms. The summed E-state index contributed by atoms with van der Waals surface area (Å²) >= 11 is 0. The number of ether oxygens (including phenoxy) is 3. The van der Waals surface area contributed by atoms with Crippen molar-refractivity contribution < 1.29 is 19.1 Å². The van der Waals surface area contributed by atoms with Crippen LogP contribution in [-0.4, -0.2) is 25.2 Å². The number of hydrogen-bond acceptors (Lipinski definition) is 6. The summed E-state index contributed by atoms with van der Waals surface area (Å²) < 4.78 is 16.1. The number of nitro benzene ring substituents is 1. The van der Waals surface area contributed by atoms with Crippen LogP contribution < -0.4 is 19.5 Å². The highest BCUT2D eigenvalue weighted by Crippen LogP contribution is 2.34. The number of methoxy groups -OCH3 is 1. The molecule has 2 aromatic carbocycles. The smallest absolute Gasteiger partial charge is 0.311 e. The van der Waals surface area contributed by atoms with Gasteiger partial charge in [-0.3, -0.25) is 10.1 Å². The maximum atomic E-state index is 11.0. The lowest BCUT2D eigenvalue weighted by Gasteiger charge is -2.13. The molecule has 0 saturated heterocycles. The average molecular weight is 332 g/mol. The van der Waals surface area contributed by atoms with Crippen LogP contribution in [0, 0.1) is 10.1 Å². The largest absolute Gasteiger partial charge is 0.493 e. The van der Waals surface area contributed by atoms with E-state index in [0.717, 1.165) is 5.69 Å². The summed E-state index contributed by atoms with van der Waals surface area (Å²) in [6.07, 6.45) is 0. The summed E-state index contributed by atoms with van der Waals surface area (Å²) in [7, 11) is 1.57. The second-order valence-corrected chi connectivity index (χ2v) is 4.80. The van der Waals surface area contributed by atoms with Crippen molar-refractivity contribution in [2.45, 2.75) is 13.8 Å². The Kier molecular flexibility index (Phi) is 5.83. The lowest BCUT2D eigenvalue weighted by Crippen LogP contribution is -2.00. The third-order valence-electron chi connectivity index (χ3n) is 3.21. The van der Waals surface area contributed by atoms with Crippen molar-refractivity contribution >= 4 is 17.1 Å². The molecule has 24 heavy (non-hydrogen) atoms. The van der Waals surface area contributed by atoms with Gasteiger partial charge in [-0.1, -0.05) is 0 Å². The van der Waals surface area contributed by atoms with E-state index in [0.29, 0.717) is 30.4 Å². The van der Waals surface area contributed by atoms with Gasteiger partial charge in [-0.2, -0.15) is 0 Å². The molecule has 0 radical (unpaired) electrons. The first-order chi connectivity index (χ1) is 11.6. The predicted octanol–water partition coefficient (Wildman–Crippen LogP) is 4.14. The first-order valence-corrected chi connectivity index (χ1v) is 7.58. The molecule has 0 heterocycles. The van der Waals surface area contributed by atoms with Gasteiger partial charge >= 0.3 is 5.69 Å². The minimum absolute atomic E-state index is 0.0633. The molecule has 0 spiro atoms. The molecule has 0 fully saturated rings. The Balaban J connectivity index is 2.27. The SMILES string of the molecule is CCOc1ccc(Nc2ccc([N+](=O)[O-])c(OCC)c2)cc1OC. The standard InChI is InChI=1S/C17H20N2O5/c1-4-23-15-9-7-13(11-17(15)22-3)18-12-6-8-14(19(20)21)16(10-12)24-5-2/h6-11,18H,4-5H2,1-3H3. The van der Waals surface area contributed by atoms with Crippen LogP contribution in [0.5, 0.6) is 17.2 Å². The third kappa shape index (κ3) is 4.07. The Labute approximate surface area is 140 Å². The molecule has 0 aliphatic rings. The second kappa shape index (κ2) is 8.05. The minimum Gasteiger partial charge on any atom is -0.493 e. The minimum atomic E-state index is -0.464. The van der Waals surface area contributed by atoms with Crippen molar-refractivity contribution in [3.05, 3.63) is 46.5 Å². The lowest BCUT2D eigenvalue weighted by molar-refractivity contribution is -0.385. The predicted molar refractivity (Wildman–Crippen MR) is 91.7 cm³/mol. The fourth-order valence-electron chi connectivity index (χ4n) is 2.20. The maximum Gasteiger partial charge on any atom is 0.311 e. The molecule has 0 unspecified atom stereocenters. The summed E-state index contributed by atoms with van der Waals surface area (Å²) in [5.41, 5.74) is 1.38. The molecule has 1 N–H and O–H groups in total.